The van der Waals surface area contributed by atoms with Gasteiger partial charge >= 0.3 is 6.09 Å². The van der Waals surface area contributed by atoms with Crippen molar-refractivity contribution in [1.29, 1.82) is 0 Å². The molecule has 2 atom stereocenters. The van der Waals surface area contributed by atoms with Crippen LogP contribution in [0.25, 0.3) is 0 Å². The Hall–Kier alpha value is -1.95. The summed E-state index contributed by atoms with van der Waals surface area (Å²) >= 11 is 0. The molecule has 2 fully saturated rings. The molecule has 0 spiro atoms. The minimum Gasteiger partial charge on any atom is -0.493 e. The Balaban J connectivity index is 1.88. The van der Waals surface area contributed by atoms with Crippen LogP contribution in [-0.2, 0) is 4.74 Å². The molecule has 0 unspecified atom stereocenters. The van der Waals surface area contributed by atoms with Gasteiger partial charge in [-0.2, -0.15) is 0 Å². The van der Waals surface area contributed by atoms with Crippen molar-refractivity contribution in [2.24, 2.45) is 5.41 Å². The molecule has 0 aromatic heterocycles. The number of ether oxygens (including phenoxy) is 3. The summed E-state index contributed by atoms with van der Waals surface area (Å²) in [6.07, 6.45) is 5.66. The predicted molar refractivity (Wildman–Crippen MR) is 109 cm³/mol. The molecule has 6 nitrogen and oxygen atoms in total. The number of methoxy groups -OCH3 is 2. The monoisotopic (exact) mass is 390 g/mol. The number of nitrogens with one attached hydrogen (secondary N) is 1. The van der Waals surface area contributed by atoms with Gasteiger partial charge in [0.25, 0.3) is 0 Å². The summed E-state index contributed by atoms with van der Waals surface area (Å²) in [5, 5.41) is 3.25. The molecule has 1 aliphatic heterocycles. The van der Waals surface area contributed by atoms with Gasteiger partial charge in [0.1, 0.15) is 0 Å². The van der Waals surface area contributed by atoms with E-state index in [0.717, 1.165) is 37.3 Å². The van der Waals surface area contributed by atoms with Crippen molar-refractivity contribution < 1.29 is 19.0 Å². The summed E-state index contributed by atoms with van der Waals surface area (Å²) in [5.74, 6) is 1.81. The molecule has 1 aromatic rings. The number of hydrogen-bond donors (Lipinski definition) is 1. The summed E-state index contributed by atoms with van der Waals surface area (Å²) in [4.78, 5) is 14.0. The lowest BCUT2D eigenvalue weighted by molar-refractivity contribution is 0.127. The SMILES string of the molecule is CNCC[C@]1(C)CN(C(=O)OC)C[C@H]1c1ccc(OC)c(OC2CCCC2)c1. The zero-order valence-electron chi connectivity index (χ0n) is 17.6. The largest absolute Gasteiger partial charge is 0.493 e. The molecule has 1 aromatic carbocycles. The number of amides is 1. The van der Waals surface area contributed by atoms with Crippen LogP contribution in [0.3, 0.4) is 0 Å². The third-order valence-corrected chi connectivity index (χ3v) is 6.36. The number of hydrogen-bond acceptors (Lipinski definition) is 5. The zero-order chi connectivity index (χ0) is 20.1. The minimum absolute atomic E-state index is 0.0313. The number of carbonyl (C=O) groups is 1. The third-order valence-electron chi connectivity index (χ3n) is 6.36. The smallest absolute Gasteiger partial charge is 0.409 e. The van der Waals surface area contributed by atoms with Gasteiger partial charge in [0.05, 0.1) is 20.3 Å². The standard InChI is InChI=1S/C22H34N2O4/c1-22(11-12-23-2)15-24(21(25)27-4)14-18(22)16-9-10-19(26-3)20(13-16)28-17-7-5-6-8-17/h9-10,13,17-18,23H,5-8,11-12,14-15H2,1-4H3/t18-,22+/m0/s1. The second-order valence-corrected chi connectivity index (χ2v) is 8.35. The van der Waals surface area contributed by atoms with E-state index in [4.69, 9.17) is 14.2 Å². The van der Waals surface area contributed by atoms with Crippen LogP contribution >= 0.6 is 0 Å². The Bertz CT molecular complexity index is 675. The average molecular weight is 391 g/mol. The van der Waals surface area contributed by atoms with Crippen LogP contribution in [0, 0.1) is 5.41 Å². The molecular weight excluding hydrogens is 356 g/mol. The predicted octanol–water partition coefficient (Wildman–Crippen LogP) is 3.80. The topological polar surface area (TPSA) is 60.0 Å². The first kappa shape index (κ1) is 20.8. The fourth-order valence-electron chi connectivity index (χ4n) is 4.68. The van der Waals surface area contributed by atoms with Crippen LogP contribution in [0.4, 0.5) is 4.79 Å². The number of rotatable bonds is 7. The van der Waals surface area contributed by atoms with Crippen LogP contribution in [0.2, 0.25) is 0 Å². The van der Waals surface area contributed by atoms with Gasteiger partial charge in [0.2, 0.25) is 0 Å². The van der Waals surface area contributed by atoms with Crippen molar-refractivity contribution in [3.05, 3.63) is 23.8 Å². The Morgan fingerprint density at radius 2 is 2.00 bits per heavy atom. The van der Waals surface area contributed by atoms with E-state index in [-0.39, 0.29) is 23.5 Å². The van der Waals surface area contributed by atoms with Crippen molar-refractivity contribution in [1.82, 2.24) is 10.2 Å². The first-order valence-electron chi connectivity index (χ1n) is 10.3. The van der Waals surface area contributed by atoms with Crippen molar-refractivity contribution in [2.75, 3.05) is 40.9 Å². The van der Waals surface area contributed by atoms with Crippen LogP contribution in [0.1, 0.15) is 50.5 Å². The summed E-state index contributed by atoms with van der Waals surface area (Å²) in [7, 11) is 5.09. The molecule has 1 amide bonds. The first-order chi connectivity index (χ1) is 13.5. The zero-order valence-corrected chi connectivity index (χ0v) is 17.6. The number of likely N-dealkylation sites (tertiary alicyclic amines) is 1. The normalized spacial score (nSPS) is 25.1. The summed E-state index contributed by atoms with van der Waals surface area (Å²) in [6.45, 7) is 4.52. The van der Waals surface area contributed by atoms with E-state index in [2.05, 4.69) is 24.4 Å². The van der Waals surface area contributed by atoms with E-state index < -0.39 is 0 Å². The van der Waals surface area contributed by atoms with Gasteiger partial charge in [-0.15, -0.1) is 0 Å². The maximum atomic E-state index is 12.2. The maximum absolute atomic E-state index is 12.2. The van der Waals surface area contributed by atoms with Gasteiger partial charge in [0, 0.05) is 19.0 Å². The van der Waals surface area contributed by atoms with E-state index in [9.17, 15) is 4.79 Å². The summed E-state index contributed by atoms with van der Waals surface area (Å²) < 4.78 is 16.8. The van der Waals surface area contributed by atoms with E-state index >= 15 is 0 Å². The van der Waals surface area contributed by atoms with Crippen molar-refractivity contribution in [3.63, 3.8) is 0 Å². The van der Waals surface area contributed by atoms with Gasteiger partial charge in [-0.1, -0.05) is 13.0 Å². The van der Waals surface area contributed by atoms with Crippen molar-refractivity contribution in [3.8, 4) is 11.5 Å². The fourth-order valence-corrected chi connectivity index (χ4v) is 4.68. The van der Waals surface area contributed by atoms with E-state index in [1.807, 2.05) is 18.0 Å². The molecule has 0 bridgehead atoms. The lowest BCUT2D eigenvalue weighted by atomic mass is 9.73. The molecule has 2 aliphatic rings. The molecule has 0 radical (unpaired) electrons. The Morgan fingerprint density at radius 3 is 2.64 bits per heavy atom. The summed E-state index contributed by atoms with van der Waals surface area (Å²) in [5.41, 5.74) is 1.16. The molecular formula is C22H34N2O4. The van der Waals surface area contributed by atoms with Crippen LogP contribution in [0.15, 0.2) is 18.2 Å². The Labute approximate surface area is 168 Å². The lowest BCUT2D eigenvalue weighted by Gasteiger charge is -2.31. The molecule has 1 saturated heterocycles. The van der Waals surface area contributed by atoms with Gasteiger partial charge < -0.3 is 24.4 Å². The van der Waals surface area contributed by atoms with E-state index in [0.29, 0.717) is 13.1 Å². The highest BCUT2D eigenvalue weighted by Gasteiger charge is 2.45. The molecule has 1 N–H and O–H groups in total. The number of benzene rings is 1. The minimum atomic E-state index is -0.255. The fraction of sp³-hybridized carbons (Fsp3) is 0.682. The quantitative estimate of drug-likeness (QED) is 0.767. The first-order valence-corrected chi connectivity index (χ1v) is 10.3. The van der Waals surface area contributed by atoms with Gasteiger partial charge in [-0.25, -0.2) is 4.79 Å². The molecule has 3 rings (SSSR count). The molecule has 6 heteroatoms. The Kier molecular flexibility index (Phi) is 6.70. The molecule has 156 valence electrons. The second kappa shape index (κ2) is 9.03. The third kappa shape index (κ3) is 4.37. The summed E-state index contributed by atoms with van der Waals surface area (Å²) in [6, 6.07) is 6.24. The highest BCUT2D eigenvalue weighted by molar-refractivity contribution is 5.68. The number of carbonyl (C=O) groups excluding carboxylic acids is 1. The van der Waals surface area contributed by atoms with Gasteiger partial charge in [0.15, 0.2) is 11.5 Å². The van der Waals surface area contributed by atoms with E-state index in [1.54, 1.807) is 7.11 Å². The molecule has 1 aliphatic carbocycles. The van der Waals surface area contributed by atoms with Crippen LogP contribution in [-0.4, -0.2) is 58.0 Å². The maximum Gasteiger partial charge on any atom is 0.409 e. The highest BCUT2D eigenvalue weighted by atomic mass is 16.5. The van der Waals surface area contributed by atoms with Crippen LogP contribution in [0.5, 0.6) is 11.5 Å². The number of nitrogens with zero attached hydrogens (tertiary/aromatic N) is 1. The highest BCUT2D eigenvalue weighted by Crippen LogP contribution is 2.47. The average Bonchev–Trinajstić information content (AvgIpc) is 3.34. The van der Waals surface area contributed by atoms with Crippen molar-refractivity contribution in [2.45, 2.75) is 51.0 Å². The van der Waals surface area contributed by atoms with Crippen molar-refractivity contribution >= 4 is 6.09 Å². The second-order valence-electron chi connectivity index (χ2n) is 8.35. The molecule has 1 heterocycles. The molecule has 1 saturated carbocycles. The van der Waals surface area contributed by atoms with Crippen LogP contribution < -0.4 is 14.8 Å². The lowest BCUT2D eigenvalue weighted by Crippen LogP contribution is -2.32. The van der Waals surface area contributed by atoms with Gasteiger partial charge in [-0.05, 0) is 68.8 Å². The van der Waals surface area contributed by atoms with E-state index in [1.165, 1.54) is 25.5 Å². The molecule has 28 heavy (non-hydrogen) atoms. The van der Waals surface area contributed by atoms with Gasteiger partial charge in [-0.3, -0.25) is 0 Å². The Morgan fingerprint density at radius 1 is 1.25 bits per heavy atom.